The molecule has 1 aromatic carbocycles. The van der Waals surface area contributed by atoms with Crippen LogP contribution in [0.15, 0.2) is 30.8 Å². The normalized spacial score (nSPS) is 8.33. The molecule has 0 saturated heterocycles. The maximum absolute atomic E-state index is 10.5. The molecule has 0 spiro atoms. The molecule has 0 bridgehead atoms. The zero-order valence-corrected chi connectivity index (χ0v) is 6.95. The summed E-state index contributed by atoms with van der Waals surface area (Å²) in [6, 6.07) is 6.75. The topological polar surface area (TPSA) is 37.3 Å². The molecule has 0 heterocycles. The minimum Gasteiger partial charge on any atom is -0.478 e. The molecule has 1 rings (SSSR count). The summed E-state index contributed by atoms with van der Waals surface area (Å²) < 4.78 is 0. The number of rotatable bonds is 2. The molecule has 0 amide bonds. The van der Waals surface area contributed by atoms with Gasteiger partial charge in [-0.15, -0.1) is 0 Å². The average Bonchev–Trinajstić information content (AvgIpc) is 2.04. The van der Waals surface area contributed by atoms with Gasteiger partial charge in [0.1, 0.15) is 0 Å². The number of carbonyl (C=O) groups is 1. The predicted octanol–water partition coefficient (Wildman–Crippen LogP) is 1.65. The summed E-state index contributed by atoms with van der Waals surface area (Å²) in [5.41, 5.74) is 0.947. The minimum absolute atomic E-state index is 0. The second-order valence-electron chi connectivity index (χ2n) is 2.10. The molecular formula is C9H8LiO2. The summed E-state index contributed by atoms with van der Waals surface area (Å²) in [6.07, 6.45) is 1.53. The van der Waals surface area contributed by atoms with Gasteiger partial charge in [-0.1, -0.05) is 30.9 Å². The fourth-order valence-electron chi connectivity index (χ4n) is 0.870. The summed E-state index contributed by atoms with van der Waals surface area (Å²) >= 11 is 0. The van der Waals surface area contributed by atoms with Gasteiger partial charge in [-0.05, 0) is 11.6 Å². The summed E-state index contributed by atoms with van der Waals surface area (Å²) in [7, 11) is 0. The van der Waals surface area contributed by atoms with Gasteiger partial charge in [0.05, 0.1) is 5.56 Å². The average molecular weight is 155 g/mol. The molecule has 2 nitrogen and oxygen atoms in total. The third-order valence-electron chi connectivity index (χ3n) is 1.41. The molecule has 0 aliphatic heterocycles. The maximum Gasteiger partial charge on any atom is 0.336 e. The Morgan fingerprint density at radius 1 is 1.42 bits per heavy atom. The van der Waals surface area contributed by atoms with Crippen molar-refractivity contribution in [2.24, 2.45) is 0 Å². The Hall–Kier alpha value is -0.973. The van der Waals surface area contributed by atoms with E-state index in [-0.39, 0.29) is 18.9 Å². The molecule has 12 heavy (non-hydrogen) atoms. The van der Waals surface area contributed by atoms with Gasteiger partial charge in [-0.3, -0.25) is 0 Å². The largest absolute Gasteiger partial charge is 0.478 e. The Morgan fingerprint density at radius 3 is 2.42 bits per heavy atom. The van der Waals surface area contributed by atoms with Crippen LogP contribution < -0.4 is 0 Å². The van der Waals surface area contributed by atoms with Crippen molar-refractivity contribution < 1.29 is 9.90 Å². The van der Waals surface area contributed by atoms with Gasteiger partial charge < -0.3 is 5.11 Å². The zero-order valence-electron chi connectivity index (χ0n) is 6.95. The van der Waals surface area contributed by atoms with Crippen LogP contribution in [-0.4, -0.2) is 29.9 Å². The molecule has 1 aromatic rings. The summed E-state index contributed by atoms with van der Waals surface area (Å²) in [5, 5.41) is 8.65. The third-order valence-corrected chi connectivity index (χ3v) is 1.41. The molecular weight excluding hydrogens is 147 g/mol. The molecule has 3 heteroatoms. The van der Waals surface area contributed by atoms with E-state index in [1.54, 1.807) is 24.3 Å². The van der Waals surface area contributed by atoms with Gasteiger partial charge in [0, 0.05) is 18.9 Å². The Morgan fingerprint density at radius 2 is 2.00 bits per heavy atom. The second-order valence-corrected chi connectivity index (χ2v) is 2.10. The molecule has 57 valence electrons. The van der Waals surface area contributed by atoms with Crippen molar-refractivity contribution in [1.82, 2.24) is 0 Å². The third kappa shape index (κ3) is 2.26. The number of aromatic carboxylic acids is 1. The van der Waals surface area contributed by atoms with E-state index in [0.29, 0.717) is 11.1 Å². The Kier molecular flexibility index (Phi) is 4.42. The Labute approximate surface area is 83.1 Å². The van der Waals surface area contributed by atoms with E-state index in [0.717, 1.165) is 0 Å². The van der Waals surface area contributed by atoms with Crippen LogP contribution in [0.2, 0.25) is 0 Å². The van der Waals surface area contributed by atoms with E-state index in [9.17, 15) is 4.79 Å². The van der Waals surface area contributed by atoms with Crippen LogP contribution in [-0.2, 0) is 0 Å². The first kappa shape index (κ1) is 11.0. The molecule has 0 aliphatic carbocycles. The van der Waals surface area contributed by atoms with E-state index in [1.807, 2.05) is 0 Å². The summed E-state index contributed by atoms with van der Waals surface area (Å²) in [5.74, 6) is -0.916. The number of carboxylic acids is 1. The Bertz CT molecular complexity index is 294. The van der Waals surface area contributed by atoms with Crippen LogP contribution >= 0.6 is 0 Å². The van der Waals surface area contributed by atoms with E-state index >= 15 is 0 Å². The SMILES string of the molecule is C=Cc1ccccc1C(=O)O.[Li]. The van der Waals surface area contributed by atoms with E-state index in [1.165, 1.54) is 6.08 Å². The first-order valence-corrected chi connectivity index (χ1v) is 3.20. The van der Waals surface area contributed by atoms with Crippen LogP contribution in [0.4, 0.5) is 0 Å². The first-order chi connectivity index (χ1) is 5.25. The predicted molar refractivity (Wildman–Crippen MR) is 49.2 cm³/mol. The van der Waals surface area contributed by atoms with Gasteiger partial charge in [0.15, 0.2) is 0 Å². The molecule has 0 fully saturated rings. The van der Waals surface area contributed by atoms with Gasteiger partial charge in [0.25, 0.3) is 0 Å². The number of carboxylic acid groups (broad SMARTS) is 1. The van der Waals surface area contributed by atoms with E-state index in [4.69, 9.17) is 5.11 Å². The molecule has 0 aromatic heterocycles. The van der Waals surface area contributed by atoms with Gasteiger partial charge >= 0.3 is 5.97 Å². The van der Waals surface area contributed by atoms with Crippen molar-refractivity contribution in [2.45, 2.75) is 0 Å². The smallest absolute Gasteiger partial charge is 0.336 e. The minimum atomic E-state index is -0.916. The van der Waals surface area contributed by atoms with Crippen LogP contribution in [0.5, 0.6) is 0 Å². The van der Waals surface area contributed by atoms with Gasteiger partial charge in [0.2, 0.25) is 0 Å². The number of benzene rings is 1. The maximum atomic E-state index is 10.5. The molecule has 0 unspecified atom stereocenters. The zero-order chi connectivity index (χ0) is 8.27. The van der Waals surface area contributed by atoms with Crippen molar-refractivity contribution in [2.75, 3.05) is 0 Å². The monoisotopic (exact) mass is 155 g/mol. The molecule has 0 aliphatic rings. The van der Waals surface area contributed by atoms with Crippen molar-refractivity contribution in [3.8, 4) is 0 Å². The van der Waals surface area contributed by atoms with Crippen molar-refractivity contribution in [3.05, 3.63) is 42.0 Å². The van der Waals surface area contributed by atoms with Crippen molar-refractivity contribution in [1.29, 1.82) is 0 Å². The number of hydrogen-bond donors (Lipinski definition) is 1. The molecule has 0 saturated carbocycles. The second kappa shape index (κ2) is 4.82. The van der Waals surface area contributed by atoms with Gasteiger partial charge in [-0.25, -0.2) is 4.79 Å². The van der Waals surface area contributed by atoms with E-state index < -0.39 is 5.97 Å². The van der Waals surface area contributed by atoms with Crippen LogP contribution in [0, 0.1) is 0 Å². The van der Waals surface area contributed by atoms with Crippen LogP contribution in [0.3, 0.4) is 0 Å². The van der Waals surface area contributed by atoms with Crippen LogP contribution in [0.1, 0.15) is 15.9 Å². The summed E-state index contributed by atoms with van der Waals surface area (Å²) in [4.78, 5) is 10.5. The fourth-order valence-corrected chi connectivity index (χ4v) is 0.870. The molecule has 0 atom stereocenters. The Balaban J connectivity index is 0.00000121. The van der Waals surface area contributed by atoms with Crippen molar-refractivity contribution in [3.63, 3.8) is 0 Å². The van der Waals surface area contributed by atoms with Crippen molar-refractivity contribution >= 4 is 30.9 Å². The van der Waals surface area contributed by atoms with Gasteiger partial charge in [-0.2, -0.15) is 0 Å². The molecule has 1 radical (unpaired) electrons. The quantitative estimate of drug-likeness (QED) is 0.659. The number of hydrogen-bond acceptors (Lipinski definition) is 1. The molecule has 1 N–H and O–H groups in total. The van der Waals surface area contributed by atoms with Crippen LogP contribution in [0.25, 0.3) is 6.08 Å². The fraction of sp³-hybridized carbons (Fsp3) is 0. The first-order valence-electron chi connectivity index (χ1n) is 3.20. The van der Waals surface area contributed by atoms with E-state index in [2.05, 4.69) is 6.58 Å². The summed E-state index contributed by atoms with van der Waals surface area (Å²) in [6.45, 7) is 3.51. The standard InChI is InChI=1S/C9H8O2.Li/c1-2-7-5-3-4-6-8(7)9(10)11;/h2-6H,1H2,(H,10,11);.